The second kappa shape index (κ2) is 9.44. The van der Waals surface area contributed by atoms with Gasteiger partial charge in [0.05, 0.1) is 17.7 Å². The van der Waals surface area contributed by atoms with Crippen LogP contribution in [0.25, 0.3) is 0 Å². The Kier molecular flexibility index (Phi) is 6.89. The second-order valence-corrected chi connectivity index (χ2v) is 9.75. The molecular weight excluding hydrogens is 424 g/mol. The van der Waals surface area contributed by atoms with Gasteiger partial charge in [0.15, 0.2) is 0 Å². The molecule has 0 bridgehead atoms. The molecular formula is C25H28N2O4S. The van der Waals surface area contributed by atoms with E-state index in [0.29, 0.717) is 22.9 Å². The van der Waals surface area contributed by atoms with Crippen LogP contribution in [0.2, 0.25) is 0 Å². The van der Waals surface area contributed by atoms with Crippen molar-refractivity contribution in [3.63, 3.8) is 0 Å². The number of carbonyl (C=O) groups is 1. The number of hydrogen-bond acceptors (Lipinski definition) is 4. The minimum Gasteiger partial charge on any atom is -0.495 e. The van der Waals surface area contributed by atoms with Crippen molar-refractivity contribution >= 4 is 27.3 Å². The summed E-state index contributed by atoms with van der Waals surface area (Å²) in [7, 11) is 0.851. The topological polar surface area (TPSA) is 66.9 Å². The zero-order valence-electron chi connectivity index (χ0n) is 18.9. The molecule has 0 radical (unpaired) electrons. The second-order valence-electron chi connectivity index (χ2n) is 7.78. The Hall–Kier alpha value is -3.32. The largest absolute Gasteiger partial charge is 0.495 e. The zero-order valence-corrected chi connectivity index (χ0v) is 19.8. The van der Waals surface area contributed by atoms with Crippen LogP contribution >= 0.6 is 0 Å². The van der Waals surface area contributed by atoms with Crippen molar-refractivity contribution in [3.8, 4) is 5.75 Å². The van der Waals surface area contributed by atoms with Gasteiger partial charge in [-0.05, 0) is 60.0 Å². The Bertz CT molecular complexity index is 1200. The van der Waals surface area contributed by atoms with Crippen LogP contribution in [0.15, 0.2) is 77.7 Å². The summed E-state index contributed by atoms with van der Waals surface area (Å²) in [5.41, 5.74) is 2.76. The molecule has 6 nitrogen and oxygen atoms in total. The van der Waals surface area contributed by atoms with Gasteiger partial charge in [-0.2, -0.15) is 0 Å². The first kappa shape index (κ1) is 23.3. The van der Waals surface area contributed by atoms with E-state index < -0.39 is 10.0 Å². The lowest BCUT2D eigenvalue weighted by molar-refractivity contribution is 0.0993. The number of ether oxygens (including phenoxy) is 1. The Morgan fingerprint density at radius 2 is 1.56 bits per heavy atom. The van der Waals surface area contributed by atoms with E-state index in [1.807, 2.05) is 24.3 Å². The van der Waals surface area contributed by atoms with Gasteiger partial charge in [-0.25, -0.2) is 8.42 Å². The van der Waals surface area contributed by atoms with Crippen LogP contribution in [-0.2, 0) is 10.0 Å². The molecule has 3 aromatic rings. The third-order valence-electron chi connectivity index (χ3n) is 5.41. The fourth-order valence-electron chi connectivity index (χ4n) is 3.35. The van der Waals surface area contributed by atoms with Crippen molar-refractivity contribution in [2.24, 2.45) is 0 Å². The van der Waals surface area contributed by atoms with E-state index in [2.05, 4.69) is 13.8 Å². The summed E-state index contributed by atoms with van der Waals surface area (Å²) in [6, 6.07) is 20.7. The molecule has 0 heterocycles. The number of methoxy groups -OCH3 is 1. The monoisotopic (exact) mass is 452 g/mol. The quantitative estimate of drug-likeness (QED) is 0.510. The summed E-state index contributed by atoms with van der Waals surface area (Å²) in [4.78, 5) is 14.6. The number of nitrogens with zero attached hydrogens (tertiary/aromatic N) is 2. The van der Waals surface area contributed by atoms with E-state index in [9.17, 15) is 13.2 Å². The summed E-state index contributed by atoms with van der Waals surface area (Å²) >= 11 is 0. The molecule has 168 valence electrons. The number of amides is 1. The lowest BCUT2D eigenvalue weighted by atomic mass is 10.0. The summed E-state index contributed by atoms with van der Waals surface area (Å²) in [5, 5.41) is 0. The minimum atomic E-state index is -3.83. The summed E-state index contributed by atoms with van der Waals surface area (Å²) in [6.45, 7) is 4.20. The van der Waals surface area contributed by atoms with Crippen molar-refractivity contribution in [1.82, 2.24) is 0 Å². The van der Waals surface area contributed by atoms with Crippen molar-refractivity contribution < 1.29 is 17.9 Å². The van der Waals surface area contributed by atoms with E-state index in [0.717, 1.165) is 11.3 Å². The average Bonchev–Trinajstić information content (AvgIpc) is 2.82. The smallest absolute Gasteiger partial charge is 0.264 e. The van der Waals surface area contributed by atoms with Gasteiger partial charge >= 0.3 is 0 Å². The Balaban J connectivity index is 1.85. The van der Waals surface area contributed by atoms with E-state index in [1.54, 1.807) is 36.2 Å². The maximum atomic E-state index is 13.1. The highest BCUT2D eigenvalue weighted by Gasteiger charge is 2.24. The predicted molar refractivity (Wildman–Crippen MR) is 128 cm³/mol. The highest BCUT2D eigenvalue weighted by molar-refractivity contribution is 7.92. The van der Waals surface area contributed by atoms with Crippen LogP contribution in [-0.4, -0.2) is 35.5 Å². The molecule has 0 aliphatic rings. The molecule has 0 atom stereocenters. The maximum Gasteiger partial charge on any atom is 0.264 e. The third-order valence-corrected chi connectivity index (χ3v) is 7.20. The van der Waals surface area contributed by atoms with Crippen molar-refractivity contribution in [3.05, 3.63) is 83.9 Å². The molecule has 0 aliphatic heterocycles. The molecule has 3 aromatic carbocycles. The van der Waals surface area contributed by atoms with E-state index >= 15 is 0 Å². The number of anilines is 2. The van der Waals surface area contributed by atoms with Gasteiger partial charge in [0.2, 0.25) is 0 Å². The molecule has 1 amide bonds. The van der Waals surface area contributed by atoms with Gasteiger partial charge in [-0.3, -0.25) is 9.10 Å². The fourth-order valence-corrected chi connectivity index (χ4v) is 4.56. The summed E-state index contributed by atoms with van der Waals surface area (Å²) in [6.07, 6.45) is 0. The van der Waals surface area contributed by atoms with Crippen molar-refractivity contribution in [2.75, 3.05) is 30.4 Å². The van der Waals surface area contributed by atoms with Crippen molar-refractivity contribution in [1.29, 1.82) is 0 Å². The molecule has 3 rings (SSSR count). The summed E-state index contributed by atoms with van der Waals surface area (Å²) < 4.78 is 32.7. The number of benzene rings is 3. The van der Waals surface area contributed by atoms with Gasteiger partial charge in [0.25, 0.3) is 15.9 Å². The number of para-hydroxylation sites is 2. The van der Waals surface area contributed by atoms with Gasteiger partial charge < -0.3 is 9.64 Å². The van der Waals surface area contributed by atoms with Crippen LogP contribution < -0.4 is 13.9 Å². The minimum absolute atomic E-state index is 0.0897. The standard InChI is InChI=1S/C25H28N2O4S/c1-18(2)20-9-8-10-21(17-20)26(3)25(28)19-13-15-22(16-14-19)32(29,30)27(4)23-11-6-7-12-24(23)31-5/h6-18H,1-5H3. The molecule has 0 aliphatic carbocycles. The van der Waals surface area contributed by atoms with Crippen LogP contribution in [0.3, 0.4) is 0 Å². The molecule has 0 saturated carbocycles. The number of hydrogen-bond donors (Lipinski definition) is 0. The zero-order chi connectivity index (χ0) is 23.5. The van der Waals surface area contributed by atoms with Crippen LogP contribution in [0.5, 0.6) is 5.75 Å². The molecule has 0 aromatic heterocycles. The first-order valence-corrected chi connectivity index (χ1v) is 11.7. The van der Waals surface area contributed by atoms with Crippen LogP contribution in [0.1, 0.15) is 35.7 Å². The van der Waals surface area contributed by atoms with Crippen LogP contribution in [0, 0.1) is 0 Å². The molecule has 0 N–H and O–H groups in total. The number of rotatable bonds is 7. The predicted octanol–water partition coefficient (Wildman–Crippen LogP) is 4.92. The van der Waals surface area contributed by atoms with Crippen LogP contribution in [0.4, 0.5) is 11.4 Å². The van der Waals surface area contributed by atoms with E-state index in [-0.39, 0.29) is 10.8 Å². The lowest BCUT2D eigenvalue weighted by Gasteiger charge is -2.22. The first-order chi connectivity index (χ1) is 15.2. The first-order valence-electron chi connectivity index (χ1n) is 10.3. The Labute approximate surface area is 190 Å². The SMILES string of the molecule is COc1ccccc1N(C)S(=O)(=O)c1ccc(C(=O)N(C)c2cccc(C(C)C)c2)cc1. The molecule has 32 heavy (non-hydrogen) atoms. The van der Waals surface area contributed by atoms with Gasteiger partial charge in [-0.1, -0.05) is 38.1 Å². The van der Waals surface area contributed by atoms with E-state index in [1.165, 1.54) is 42.7 Å². The van der Waals surface area contributed by atoms with Gasteiger partial charge in [0, 0.05) is 25.3 Å². The van der Waals surface area contributed by atoms with Gasteiger partial charge in [-0.15, -0.1) is 0 Å². The molecule has 7 heteroatoms. The Morgan fingerprint density at radius 3 is 2.19 bits per heavy atom. The Morgan fingerprint density at radius 1 is 0.906 bits per heavy atom. The molecule has 0 spiro atoms. The van der Waals surface area contributed by atoms with E-state index in [4.69, 9.17) is 4.74 Å². The normalized spacial score (nSPS) is 11.3. The van der Waals surface area contributed by atoms with Gasteiger partial charge in [0.1, 0.15) is 5.75 Å². The third kappa shape index (κ3) is 4.62. The highest BCUT2D eigenvalue weighted by Crippen LogP contribution is 2.31. The highest BCUT2D eigenvalue weighted by atomic mass is 32.2. The molecule has 0 fully saturated rings. The number of carbonyl (C=O) groups excluding carboxylic acids is 1. The lowest BCUT2D eigenvalue weighted by Crippen LogP contribution is -2.28. The molecule has 0 unspecified atom stereocenters. The maximum absolute atomic E-state index is 13.1. The molecule has 0 saturated heterocycles. The fraction of sp³-hybridized carbons (Fsp3) is 0.240. The summed E-state index contributed by atoms with van der Waals surface area (Å²) in [5.74, 6) is 0.590. The average molecular weight is 453 g/mol. The number of sulfonamides is 1. The van der Waals surface area contributed by atoms with Crippen molar-refractivity contribution in [2.45, 2.75) is 24.7 Å².